The normalized spacial score (nSPS) is 14.8. The fraction of sp³-hybridized carbons (Fsp3) is 0.542. The van der Waals surface area contributed by atoms with Gasteiger partial charge in [0, 0.05) is 97.3 Å². The lowest BCUT2D eigenvalue weighted by Crippen LogP contribution is -2.50. The van der Waals surface area contributed by atoms with Crippen LogP contribution >= 0.6 is 0 Å². The van der Waals surface area contributed by atoms with E-state index in [1.165, 1.54) is 11.9 Å². The summed E-state index contributed by atoms with van der Waals surface area (Å²) in [5.41, 5.74) is 3.85. The Balaban J connectivity index is 0.000000410. The van der Waals surface area contributed by atoms with Crippen LogP contribution in [0.5, 0.6) is 0 Å². The van der Waals surface area contributed by atoms with Gasteiger partial charge in [-0.25, -0.2) is 0 Å². The number of hydrogen-bond acceptors (Lipinski definition) is 21. The molecule has 23 heteroatoms. The smallest absolute Gasteiger partial charge is 0.317 e. The molecule has 4 aromatic rings. The molecule has 71 heavy (non-hydrogen) atoms. The molecule has 0 saturated carbocycles. The molecule has 0 aliphatic rings. The van der Waals surface area contributed by atoms with Crippen molar-refractivity contribution in [1.29, 1.82) is 0 Å². The highest BCUT2D eigenvalue weighted by molar-refractivity contribution is 5.78. The van der Waals surface area contributed by atoms with Gasteiger partial charge in [0.05, 0.1) is 55.2 Å². The van der Waals surface area contributed by atoms with Crippen LogP contribution < -0.4 is 5.32 Å². The van der Waals surface area contributed by atoms with Gasteiger partial charge < -0.3 is 66.4 Å². The Kier molecular flexibility index (Phi) is 30.7. The van der Waals surface area contributed by atoms with Crippen LogP contribution in [0.4, 0.5) is 0 Å². The zero-order valence-electron chi connectivity index (χ0n) is 41.0. The summed E-state index contributed by atoms with van der Waals surface area (Å²) < 4.78 is 0. The van der Waals surface area contributed by atoms with Crippen LogP contribution in [0.1, 0.15) is 22.8 Å². The van der Waals surface area contributed by atoms with Crippen molar-refractivity contribution in [2.75, 3.05) is 93.8 Å². The van der Waals surface area contributed by atoms with Gasteiger partial charge in [-0.1, -0.05) is 24.3 Å². The van der Waals surface area contributed by atoms with Gasteiger partial charge in [-0.05, 0) is 69.7 Å². The van der Waals surface area contributed by atoms with Crippen LogP contribution in [-0.4, -0.2) is 255 Å². The summed E-state index contributed by atoms with van der Waals surface area (Å²) in [6.45, 7) is 3.90. The number of carboxylic acids is 1. The number of aliphatic hydroxyl groups is 10. The number of aliphatic hydroxyl groups excluding tert-OH is 10. The van der Waals surface area contributed by atoms with E-state index in [0.29, 0.717) is 45.8 Å². The van der Waals surface area contributed by atoms with Gasteiger partial charge >= 0.3 is 5.97 Å². The summed E-state index contributed by atoms with van der Waals surface area (Å²) in [5, 5.41) is 104. The van der Waals surface area contributed by atoms with Crippen LogP contribution in [0, 0.1) is 0 Å². The number of likely N-dealkylation sites (N-methyl/N-ethyl adjacent to an activating group) is 4. The molecule has 12 N–H and O–H groups in total. The first-order chi connectivity index (χ1) is 33.9. The summed E-state index contributed by atoms with van der Waals surface area (Å²) in [7, 11) is 6.69. The molecule has 0 saturated heterocycles. The van der Waals surface area contributed by atoms with Gasteiger partial charge in [0.1, 0.15) is 42.7 Å². The molecule has 0 aliphatic heterocycles. The Labute approximate surface area is 415 Å². The lowest BCUT2D eigenvalue weighted by Gasteiger charge is -2.30. The second-order valence-electron chi connectivity index (χ2n) is 17.0. The van der Waals surface area contributed by atoms with E-state index < -0.39 is 68.0 Å². The minimum absolute atomic E-state index is 0.0427. The quantitative estimate of drug-likeness (QED) is 0.0241. The molecular formula is C48H76N10O13. The second-order valence-corrected chi connectivity index (χ2v) is 17.0. The number of carboxylic acid groups (broad SMARTS) is 1. The third-order valence-corrected chi connectivity index (χ3v) is 10.8. The van der Waals surface area contributed by atoms with Gasteiger partial charge in [0.2, 0.25) is 5.91 Å². The van der Waals surface area contributed by atoms with E-state index in [0.717, 1.165) is 29.3 Å². The van der Waals surface area contributed by atoms with E-state index in [4.69, 9.17) is 30.6 Å². The average Bonchev–Trinajstić information content (AvgIpc) is 3.37. The fourth-order valence-electron chi connectivity index (χ4n) is 6.62. The minimum atomic E-state index is -1.73. The van der Waals surface area contributed by atoms with Crippen molar-refractivity contribution in [1.82, 2.24) is 49.8 Å². The highest BCUT2D eigenvalue weighted by atomic mass is 16.4. The molecule has 0 bridgehead atoms. The van der Waals surface area contributed by atoms with Crippen molar-refractivity contribution < 1.29 is 65.8 Å². The summed E-state index contributed by atoms with van der Waals surface area (Å²) in [6.07, 6.45) is -5.10. The van der Waals surface area contributed by atoms with Crippen LogP contribution in [0.25, 0.3) is 0 Å². The summed E-state index contributed by atoms with van der Waals surface area (Å²) in [6, 6.07) is 23.3. The number of nitrogens with zero attached hydrogens (tertiary/aromatic N) is 9. The van der Waals surface area contributed by atoms with Crippen molar-refractivity contribution in [3.8, 4) is 0 Å². The third kappa shape index (κ3) is 25.8. The lowest BCUT2D eigenvalue weighted by molar-refractivity contribution is -0.139. The predicted molar refractivity (Wildman–Crippen MR) is 262 cm³/mol. The Hall–Kier alpha value is -5.06. The number of pyridine rings is 4. The molecule has 0 fully saturated rings. The first-order valence-corrected chi connectivity index (χ1v) is 23.1. The van der Waals surface area contributed by atoms with E-state index in [1.54, 1.807) is 36.7 Å². The summed E-state index contributed by atoms with van der Waals surface area (Å²) in [5.74, 6) is -1.09. The lowest BCUT2D eigenvalue weighted by atomic mass is 10.0. The molecule has 4 heterocycles. The van der Waals surface area contributed by atoms with Gasteiger partial charge in [-0.15, -0.1) is 0 Å². The Morgan fingerprint density at radius 3 is 1.15 bits per heavy atom. The molecule has 4 rings (SSSR count). The van der Waals surface area contributed by atoms with E-state index >= 15 is 0 Å². The maximum atomic E-state index is 12.6. The van der Waals surface area contributed by atoms with E-state index in [2.05, 4.69) is 35.1 Å². The maximum absolute atomic E-state index is 12.6. The van der Waals surface area contributed by atoms with Gasteiger partial charge in [0.15, 0.2) is 0 Å². The fourth-order valence-corrected chi connectivity index (χ4v) is 6.62. The Bertz CT molecular complexity index is 1900. The maximum Gasteiger partial charge on any atom is 0.317 e. The second kappa shape index (κ2) is 35.1. The Morgan fingerprint density at radius 1 is 0.507 bits per heavy atom. The molecule has 1 amide bonds. The number of carbonyl (C=O) groups excluding carboxylic acids is 1. The number of hydrogen-bond donors (Lipinski definition) is 12. The molecule has 0 aliphatic carbocycles. The van der Waals surface area contributed by atoms with Crippen LogP contribution in [0.2, 0.25) is 0 Å². The van der Waals surface area contributed by atoms with Crippen LogP contribution in [-0.2, 0) is 35.8 Å². The first kappa shape index (κ1) is 62.1. The van der Waals surface area contributed by atoms with Gasteiger partial charge in [-0.2, -0.15) is 0 Å². The van der Waals surface area contributed by atoms with Crippen molar-refractivity contribution >= 4 is 11.9 Å². The van der Waals surface area contributed by atoms with Gasteiger partial charge in [-0.3, -0.25) is 49.1 Å². The van der Waals surface area contributed by atoms with Crippen LogP contribution in [0.15, 0.2) is 97.6 Å². The molecule has 0 aromatic carbocycles. The standard InChI is InChI=1S/C24H37N5O6.C17H22N4O2.C7H17NO5/c1-27(16-22(33)28(2)15-20(31)23(34)24(35)21(32)17-30)11-12-29(13-18-7-3-5-9-25-18)14-19-8-4-6-10-26-19;1-20(14-17(22)23)10-11-21(12-15-6-2-4-8-18-15)13-16-7-3-5-9-19-16;1-8-2-4(10)6(12)7(13)5(11)3-9/h3-10,20-21,23-24,30-32,34-35H,11-17H2,1-2H3;2-9H,10-14H2,1H3,(H,22,23);4-13H,2-3H2,1H3/t20-,21+,23+,24+;;4-,5+,6+,7+/m1.0/s1. The SMILES string of the molecule is CN(CCN(Cc1ccccn1)Cc1ccccn1)CC(=O)N(C)C[C@@H](O)[C@H](O)[C@@H](O)[C@@H](O)CO.CN(CCN(Cc1ccccn1)Cc1ccccn1)CC(=O)O.CNC[C@H](O)[C@@H](O)[C@H](O)[C@H](O)CO. The highest BCUT2D eigenvalue weighted by Gasteiger charge is 2.32. The molecule has 0 unspecified atom stereocenters. The molecule has 0 radical (unpaired) electrons. The topological polar surface area (TPSA) is 336 Å². The molecule has 396 valence electrons. The van der Waals surface area contributed by atoms with Crippen LogP contribution in [0.3, 0.4) is 0 Å². The zero-order chi connectivity index (χ0) is 52.7. The number of aromatic nitrogens is 4. The molecule has 23 nitrogen and oxygen atoms in total. The molecular weight excluding hydrogens is 925 g/mol. The Morgan fingerprint density at radius 2 is 0.845 bits per heavy atom. The molecule has 4 aromatic heterocycles. The van der Waals surface area contributed by atoms with E-state index in [-0.39, 0.29) is 32.1 Å². The summed E-state index contributed by atoms with van der Waals surface area (Å²) >= 11 is 0. The number of nitrogens with one attached hydrogen (secondary N) is 1. The van der Waals surface area contributed by atoms with E-state index in [1.807, 2.05) is 91.8 Å². The minimum Gasteiger partial charge on any atom is -0.480 e. The highest BCUT2D eigenvalue weighted by Crippen LogP contribution is 2.10. The van der Waals surface area contributed by atoms with Crippen molar-refractivity contribution in [2.24, 2.45) is 0 Å². The number of carbonyl (C=O) groups is 2. The predicted octanol–water partition coefficient (Wildman–Crippen LogP) is -3.56. The number of amides is 1. The largest absolute Gasteiger partial charge is 0.480 e. The summed E-state index contributed by atoms with van der Waals surface area (Å²) in [4.78, 5) is 50.2. The van der Waals surface area contributed by atoms with E-state index in [9.17, 15) is 35.1 Å². The van der Waals surface area contributed by atoms with Crippen molar-refractivity contribution in [3.63, 3.8) is 0 Å². The molecule has 0 spiro atoms. The van der Waals surface area contributed by atoms with Gasteiger partial charge in [0.25, 0.3) is 0 Å². The number of aliphatic carboxylic acids is 1. The number of rotatable bonds is 30. The zero-order valence-corrected chi connectivity index (χ0v) is 41.0. The van der Waals surface area contributed by atoms with Crippen molar-refractivity contribution in [3.05, 3.63) is 120 Å². The van der Waals surface area contributed by atoms with Crippen molar-refractivity contribution in [2.45, 2.75) is 75.0 Å². The monoisotopic (exact) mass is 1000 g/mol. The molecule has 8 atom stereocenters. The third-order valence-electron chi connectivity index (χ3n) is 10.8. The average molecular weight is 1000 g/mol. The first-order valence-electron chi connectivity index (χ1n) is 23.1.